The summed E-state index contributed by atoms with van der Waals surface area (Å²) in [6.07, 6.45) is 28.7. The van der Waals surface area contributed by atoms with Crippen LogP contribution in [0.2, 0.25) is 0 Å². The number of nitrogens with zero attached hydrogens (tertiary/aromatic N) is 1. The molecule has 0 bridgehead atoms. The van der Waals surface area contributed by atoms with Crippen molar-refractivity contribution in [3.63, 3.8) is 0 Å². The summed E-state index contributed by atoms with van der Waals surface area (Å²) in [5.41, 5.74) is 2.56. The predicted molar refractivity (Wildman–Crippen MR) is 242 cm³/mol. The van der Waals surface area contributed by atoms with E-state index in [-0.39, 0.29) is 38.7 Å². The molecule has 4 atom stereocenters. The molecule has 61 heavy (non-hydrogen) atoms. The number of carbonyl (C=O) groups excluding carboxylic acids is 2. The van der Waals surface area contributed by atoms with Gasteiger partial charge in [0.05, 0.1) is 40.0 Å². The second kappa shape index (κ2) is 33.7. The van der Waals surface area contributed by atoms with Crippen LogP contribution in [0.15, 0.2) is 53.0 Å². The first kappa shape index (κ1) is 56.2. The minimum absolute atomic E-state index is 0.0513. The zero-order chi connectivity index (χ0) is 45.4. The molecule has 0 aliphatic heterocycles. The summed E-state index contributed by atoms with van der Waals surface area (Å²) in [4.78, 5) is 37.8. The molecule has 0 aromatic carbocycles. The maximum absolute atomic E-state index is 12.8. The molecule has 1 rings (SSSR count). The SMILES string of the molecule is CC/C=C\C/C=C\C/C=C\C/C=C\C[C@H](O)[C@@H](O)CCCC(=O)OC[C@H](COP(=O)([O-])OCC[N+](C)(C)C)OC(=O)CCCCCCCCc1oc(CCCCC)c(C)c1C. The van der Waals surface area contributed by atoms with Crippen molar-refractivity contribution in [1.82, 2.24) is 0 Å². The van der Waals surface area contributed by atoms with E-state index in [1.54, 1.807) is 0 Å². The lowest BCUT2D eigenvalue weighted by atomic mass is 10.0. The van der Waals surface area contributed by atoms with Gasteiger partial charge in [-0.05, 0) is 89.2 Å². The molecular weight excluding hydrogens is 797 g/mol. The van der Waals surface area contributed by atoms with Crippen LogP contribution in [0.4, 0.5) is 0 Å². The topological polar surface area (TPSA) is 165 Å². The van der Waals surface area contributed by atoms with Crippen molar-refractivity contribution in [2.75, 3.05) is 47.5 Å². The summed E-state index contributed by atoms with van der Waals surface area (Å²) in [5.74, 6) is 1.07. The lowest BCUT2D eigenvalue weighted by Crippen LogP contribution is -2.37. The summed E-state index contributed by atoms with van der Waals surface area (Å²) >= 11 is 0. The molecule has 0 saturated carbocycles. The number of likely N-dealkylation sites (N-methyl/N-ethyl adjacent to an activating group) is 1. The number of quaternary nitrogens is 1. The van der Waals surface area contributed by atoms with Crippen LogP contribution >= 0.6 is 7.82 Å². The first-order valence-electron chi connectivity index (χ1n) is 22.9. The van der Waals surface area contributed by atoms with E-state index in [2.05, 4.69) is 58.1 Å². The van der Waals surface area contributed by atoms with Crippen molar-refractivity contribution in [2.45, 2.75) is 174 Å². The predicted octanol–water partition coefficient (Wildman–Crippen LogP) is 9.65. The Morgan fingerprint density at radius 3 is 1.84 bits per heavy atom. The van der Waals surface area contributed by atoms with Crippen LogP contribution < -0.4 is 4.89 Å². The molecule has 350 valence electrons. The highest BCUT2D eigenvalue weighted by Gasteiger charge is 2.22. The zero-order valence-electron chi connectivity index (χ0n) is 38.8. The zero-order valence-corrected chi connectivity index (χ0v) is 39.7. The van der Waals surface area contributed by atoms with Crippen molar-refractivity contribution in [1.29, 1.82) is 0 Å². The van der Waals surface area contributed by atoms with Crippen LogP contribution in [0.5, 0.6) is 0 Å². The molecule has 1 aromatic rings. The average molecular weight is 880 g/mol. The number of furan rings is 1. The average Bonchev–Trinajstić information content (AvgIpc) is 3.47. The van der Waals surface area contributed by atoms with Gasteiger partial charge in [0.2, 0.25) is 0 Å². The number of allylic oxidation sites excluding steroid dienone is 7. The number of esters is 2. The van der Waals surface area contributed by atoms with Gasteiger partial charge in [0.1, 0.15) is 31.3 Å². The molecule has 0 amide bonds. The van der Waals surface area contributed by atoms with Crippen LogP contribution in [0.3, 0.4) is 0 Å². The Labute approximate surface area is 368 Å². The van der Waals surface area contributed by atoms with Gasteiger partial charge in [-0.1, -0.05) is 101 Å². The van der Waals surface area contributed by atoms with Crippen molar-refractivity contribution >= 4 is 19.8 Å². The Bertz CT molecular complexity index is 1490. The molecule has 0 radical (unpaired) electrons. The standard InChI is InChI=1S/C48H82NO11P/c1-8-10-12-13-14-15-16-17-18-19-22-26-30-43(50)44(51)31-29-35-47(52)56-38-42(39-58-61(54,55)57-37-36-49(5,6)7)59-48(53)34-28-24-21-20-23-27-33-46-41(4)40(3)45(60-46)32-25-11-9-2/h10,12,14-15,17-18,22,26,42-44,50-51H,8-9,11,13,16,19-21,23-25,27-39H2,1-7H3/b12-10-,15-14-,18-17-,26-22-/t42-,43+,44+/m1/s1. The van der Waals surface area contributed by atoms with Gasteiger partial charge in [-0.25, -0.2) is 0 Å². The van der Waals surface area contributed by atoms with Gasteiger partial charge >= 0.3 is 11.9 Å². The van der Waals surface area contributed by atoms with E-state index in [1.807, 2.05) is 39.4 Å². The number of carbonyl (C=O) groups is 2. The van der Waals surface area contributed by atoms with Crippen LogP contribution in [0.1, 0.15) is 152 Å². The van der Waals surface area contributed by atoms with Crippen molar-refractivity contribution in [3.8, 4) is 0 Å². The number of ether oxygens (including phenoxy) is 2. The van der Waals surface area contributed by atoms with Gasteiger partial charge in [0, 0.05) is 25.7 Å². The maximum atomic E-state index is 12.8. The molecule has 0 aliphatic carbocycles. The third-order valence-corrected chi connectivity index (χ3v) is 11.2. The molecular formula is C48H82NO11P. The van der Waals surface area contributed by atoms with E-state index in [4.69, 9.17) is 22.9 Å². The number of rotatable bonds is 37. The number of hydrogen-bond acceptors (Lipinski definition) is 11. The molecule has 2 N–H and O–H groups in total. The van der Waals surface area contributed by atoms with Crippen LogP contribution in [-0.2, 0) is 45.5 Å². The van der Waals surface area contributed by atoms with E-state index in [0.717, 1.165) is 88.6 Å². The first-order valence-corrected chi connectivity index (χ1v) is 24.3. The smallest absolute Gasteiger partial charge is 0.306 e. The van der Waals surface area contributed by atoms with Crippen LogP contribution in [0.25, 0.3) is 0 Å². The van der Waals surface area contributed by atoms with E-state index < -0.39 is 51.3 Å². The molecule has 1 unspecified atom stereocenters. The van der Waals surface area contributed by atoms with E-state index >= 15 is 0 Å². The lowest BCUT2D eigenvalue weighted by molar-refractivity contribution is -0.870. The largest absolute Gasteiger partial charge is 0.756 e. The number of phosphoric acid groups is 1. The highest BCUT2D eigenvalue weighted by molar-refractivity contribution is 7.45. The van der Waals surface area contributed by atoms with Crippen molar-refractivity contribution in [3.05, 3.63) is 71.3 Å². The Hall–Kier alpha value is -2.83. The lowest BCUT2D eigenvalue weighted by Gasteiger charge is -2.28. The van der Waals surface area contributed by atoms with Crippen LogP contribution in [0, 0.1) is 13.8 Å². The normalized spacial score (nSPS) is 15.0. The molecule has 12 nitrogen and oxygen atoms in total. The Kier molecular flexibility index (Phi) is 31.0. The van der Waals surface area contributed by atoms with Crippen LogP contribution in [-0.4, -0.2) is 92.5 Å². The summed E-state index contributed by atoms with van der Waals surface area (Å²) in [6, 6.07) is 0. The van der Waals surface area contributed by atoms with Gasteiger partial charge in [-0.3, -0.25) is 14.2 Å². The Morgan fingerprint density at radius 2 is 1.25 bits per heavy atom. The van der Waals surface area contributed by atoms with Crippen molar-refractivity contribution in [2.24, 2.45) is 0 Å². The number of hydrogen-bond donors (Lipinski definition) is 2. The molecule has 1 heterocycles. The number of aryl methyl sites for hydroxylation is 2. The number of unbranched alkanes of at least 4 members (excludes halogenated alkanes) is 7. The summed E-state index contributed by atoms with van der Waals surface area (Å²) in [7, 11) is 0.974. The first-order chi connectivity index (χ1) is 29.1. The summed E-state index contributed by atoms with van der Waals surface area (Å²) < 4.78 is 40.0. The molecule has 1 aromatic heterocycles. The third-order valence-electron chi connectivity index (χ3n) is 10.3. The third kappa shape index (κ3) is 30.0. The second-order valence-electron chi connectivity index (χ2n) is 16.9. The fourth-order valence-electron chi connectivity index (χ4n) is 6.27. The number of phosphoric ester groups is 1. The fraction of sp³-hybridized carbons (Fsp3) is 0.708. The van der Waals surface area contributed by atoms with E-state index in [0.29, 0.717) is 17.4 Å². The number of aliphatic hydroxyl groups is 2. The number of aliphatic hydroxyl groups excluding tert-OH is 2. The van der Waals surface area contributed by atoms with Gasteiger partial charge in [-0.2, -0.15) is 0 Å². The fourth-order valence-corrected chi connectivity index (χ4v) is 7.00. The Morgan fingerprint density at radius 1 is 0.705 bits per heavy atom. The molecule has 0 spiro atoms. The minimum atomic E-state index is -4.72. The van der Waals surface area contributed by atoms with Gasteiger partial charge in [0.15, 0.2) is 6.10 Å². The summed E-state index contributed by atoms with van der Waals surface area (Å²) in [6.45, 7) is 7.98. The quantitative estimate of drug-likeness (QED) is 0.0215. The minimum Gasteiger partial charge on any atom is -0.756 e. The highest BCUT2D eigenvalue weighted by Crippen LogP contribution is 2.38. The van der Waals surface area contributed by atoms with Gasteiger partial charge in [-0.15, -0.1) is 0 Å². The summed E-state index contributed by atoms with van der Waals surface area (Å²) in [5, 5.41) is 20.8. The molecule has 13 heteroatoms. The molecule has 0 aliphatic rings. The van der Waals surface area contributed by atoms with Gasteiger partial charge in [0.25, 0.3) is 7.82 Å². The monoisotopic (exact) mass is 880 g/mol. The Balaban J connectivity index is 2.49. The van der Waals surface area contributed by atoms with Crippen molar-refractivity contribution < 1.29 is 56.7 Å². The van der Waals surface area contributed by atoms with E-state index in [9.17, 15) is 29.3 Å². The maximum Gasteiger partial charge on any atom is 0.306 e. The van der Waals surface area contributed by atoms with E-state index in [1.165, 1.54) is 24.0 Å². The van der Waals surface area contributed by atoms with Gasteiger partial charge < -0.3 is 42.5 Å². The second-order valence-corrected chi connectivity index (χ2v) is 18.3. The molecule has 0 saturated heterocycles. The highest BCUT2D eigenvalue weighted by atomic mass is 31.2. The molecule has 0 fully saturated rings.